The van der Waals surface area contributed by atoms with Crippen molar-refractivity contribution in [2.45, 2.75) is 206 Å². The Morgan fingerprint density at radius 2 is 0.714 bits per heavy atom. The highest BCUT2D eigenvalue weighted by atomic mass is 31.2. The normalized spacial score (nSPS) is 14.0. The smallest absolute Gasteiger partial charge is 0.457 e. The molecule has 0 heterocycles. The van der Waals surface area contributed by atoms with E-state index in [4.69, 9.17) is 18.5 Å². The van der Waals surface area contributed by atoms with Crippen LogP contribution in [0.15, 0.2) is 0 Å². The molecule has 0 saturated heterocycles. The van der Waals surface area contributed by atoms with Crippen molar-refractivity contribution in [1.29, 1.82) is 0 Å². The maximum Gasteiger partial charge on any atom is 0.472 e. The lowest BCUT2D eigenvalue weighted by Gasteiger charge is -2.20. The predicted molar refractivity (Wildman–Crippen MR) is 196 cm³/mol. The summed E-state index contributed by atoms with van der Waals surface area (Å²) in [4.78, 5) is 34.4. The molecule has 0 radical (unpaired) electrons. The van der Waals surface area contributed by atoms with Crippen molar-refractivity contribution in [3.05, 3.63) is 0 Å². The summed E-state index contributed by atoms with van der Waals surface area (Å²) in [6, 6.07) is 0. The SMILES string of the molecule is CCCCCCCCCCCCCCCC(=O)OC(CO)COP(=O)(O)OCC(CO)OC(=O)CCCCCCCCCCCCCCC. The molecule has 0 aliphatic rings. The molecule has 11 heteroatoms. The van der Waals surface area contributed by atoms with Crippen LogP contribution in [0.5, 0.6) is 0 Å². The minimum absolute atomic E-state index is 0.199. The average molecular weight is 723 g/mol. The molecule has 0 bridgehead atoms. The highest BCUT2D eigenvalue weighted by Gasteiger charge is 2.27. The van der Waals surface area contributed by atoms with Gasteiger partial charge in [-0.2, -0.15) is 0 Å². The summed E-state index contributed by atoms with van der Waals surface area (Å²) in [5.41, 5.74) is 0. The molecular formula is C38H75O10P. The number of carbonyl (C=O) groups excluding carboxylic acids is 2. The number of phosphoric ester groups is 1. The van der Waals surface area contributed by atoms with E-state index >= 15 is 0 Å². The van der Waals surface area contributed by atoms with Crippen LogP contribution in [0.1, 0.15) is 194 Å². The zero-order valence-electron chi connectivity index (χ0n) is 31.4. The third-order valence-corrected chi connectivity index (χ3v) is 9.77. The van der Waals surface area contributed by atoms with Crippen LogP contribution < -0.4 is 0 Å². The summed E-state index contributed by atoms with van der Waals surface area (Å²) in [5.74, 6) is -1.01. The van der Waals surface area contributed by atoms with E-state index in [2.05, 4.69) is 13.8 Å². The third kappa shape index (κ3) is 33.9. The Morgan fingerprint density at radius 1 is 0.469 bits per heavy atom. The second-order valence-electron chi connectivity index (χ2n) is 13.6. The molecule has 2 unspecified atom stereocenters. The molecule has 0 saturated carbocycles. The van der Waals surface area contributed by atoms with Gasteiger partial charge in [-0.15, -0.1) is 0 Å². The molecular weight excluding hydrogens is 647 g/mol. The lowest BCUT2D eigenvalue weighted by Crippen LogP contribution is -2.28. The van der Waals surface area contributed by atoms with Gasteiger partial charge in [0.2, 0.25) is 0 Å². The standard InChI is InChI=1S/C38H75O10P/c1-3-5-7-9-11-13-15-17-19-21-23-25-27-29-37(41)47-35(31-39)33-45-49(43,44)46-34-36(32-40)48-38(42)30-28-26-24-22-20-18-16-14-12-10-8-6-4-2/h35-36,39-40H,3-34H2,1-2H3,(H,43,44). The number of carbonyl (C=O) groups is 2. The number of aliphatic hydroxyl groups excluding tert-OH is 2. The summed E-state index contributed by atoms with van der Waals surface area (Å²) < 4.78 is 32.5. The van der Waals surface area contributed by atoms with Gasteiger partial charge >= 0.3 is 19.8 Å². The molecule has 0 fully saturated rings. The minimum atomic E-state index is -4.62. The summed E-state index contributed by atoms with van der Waals surface area (Å²) in [7, 11) is -4.62. The molecule has 49 heavy (non-hydrogen) atoms. The van der Waals surface area contributed by atoms with Crippen LogP contribution in [-0.2, 0) is 32.7 Å². The van der Waals surface area contributed by atoms with Crippen molar-refractivity contribution in [3.8, 4) is 0 Å². The van der Waals surface area contributed by atoms with Crippen LogP contribution in [-0.4, -0.2) is 65.7 Å². The van der Waals surface area contributed by atoms with Crippen molar-refractivity contribution in [2.75, 3.05) is 26.4 Å². The molecule has 0 aromatic carbocycles. The van der Waals surface area contributed by atoms with Gasteiger partial charge in [-0.05, 0) is 12.8 Å². The first-order chi connectivity index (χ1) is 23.8. The molecule has 0 aliphatic heterocycles. The summed E-state index contributed by atoms with van der Waals surface area (Å²) >= 11 is 0. The Bertz CT molecular complexity index is 736. The molecule has 0 amide bonds. The summed E-state index contributed by atoms with van der Waals surface area (Å²) in [5, 5.41) is 19.1. The number of phosphoric acid groups is 1. The van der Waals surface area contributed by atoms with Gasteiger partial charge in [-0.25, -0.2) is 4.57 Å². The number of rotatable bonds is 38. The summed E-state index contributed by atoms with van der Waals surface area (Å²) in [6.45, 7) is 2.22. The first kappa shape index (κ1) is 48.0. The van der Waals surface area contributed by atoms with E-state index in [0.29, 0.717) is 12.8 Å². The maximum atomic E-state index is 12.3. The monoisotopic (exact) mass is 723 g/mol. The second kappa shape index (κ2) is 35.4. The third-order valence-electron chi connectivity index (χ3n) is 8.82. The van der Waals surface area contributed by atoms with Crippen LogP contribution >= 0.6 is 7.82 Å². The fraction of sp³-hybridized carbons (Fsp3) is 0.947. The minimum Gasteiger partial charge on any atom is -0.457 e. The highest BCUT2D eigenvalue weighted by molar-refractivity contribution is 7.47. The van der Waals surface area contributed by atoms with Crippen LogP contribution in [0.2, 0.25) is 0 Å². The van der Waals surface area contributed by atoms with E-state index in [-0.39, 0.29) is 12.8 Å². The molecule has 0 aromatic heterocycles. The van der Waals surface area contributed by atoms with Gasteiger partial charge in [0.15, 0.2) is 0 Å². The van der Waals surface area contributed by atoms with Crippen LogP contribution in [0, 0.1) is 0 Å². The first-order valence-corrected chi connectivity index (χ1v) is 21.5. The van der Waals surface area contributed by atoms with E-state index in [9.17, 15) is 29.3 Å². The van der Waals surface area contributed by atoms with E-state index < -0.39 is 58.4 Å². The first-order valence-electron chi connectivity index (χ1n) is 20.0. The zero-order chi connectivity index (χ0) is 36.3. The van der Waals surface area contributed by atoms with Gasteiger partial charge in [-0.1, -0.05) is 168 Å². The summed E-state index contributed by atoms with van der Waals surface area (Å²) in [6.07, 6.45) is 29.3. The van der Waals surface area contributed by atoms with E-state index in [1.807, 2.05) is 0 Å². The van der Waals surface area contributed by atoms with E-state index in [1.54, 1.807) is 0 Å². The van der Waals surface area contributed by atoms with E-state index in [1.165, 1.54) is 116 Å². The molecule has 0 rings (SSSR count). The number of ether oxygens (including phenoxy) is 2. The predicted octanol–water partition coefficient (Wildman–Crippen LogP) is 9.89. The molecule has 0 aliphatic carbocycles. The van der Waals surface area contributed by atoms with Gasteiger partial charge in [0, 0.05) is 12.8 Å². The van der Waals surface area contributed by atoms with Gasteiger partial charge in [0.1, 0.15) is 12.2 Å². The Kier molecular flexibility index (Phi) is 34.6. The molecule has 3 N–H and O–H groups in total. The van der Waals surface area contributed by atoms with Crippen molar-refractivity contribution >= 4 is 19.8 Å². The molecule has 0 aromatic rings. The van der Waals surface area contributed by atoms with Gasteiger partial charge in [0.05, 0.1) is 26.4 Å². The quantitative estimate of drug-likeness (QED) is 0.0319. The second-order valence-corrected chi connectivity index (χ2v) is 15.1. The van der Waals surface area contributed by atoms with Gasteiger partial charge in [0.25, 0.3) is 0 Å². The van der Waals surface area contributed by atoms with E-state index in [0.717, 1.165) is 38.5 Å². The van der Waals surface area contributed by atoms with Crippen LogP contribution in [0.4, 0.5) is 0 Å². The van der Waals surface area contributed by atoms with Crippen LogP contribution in [0.25, 0.3) is 0 Å². The molecule has 2 atom stereocenters. The van der Waals surface area contributed by atoms with Crippen molar-refractivity contribution in [3.63, 3.8) is 0 Å². The number of hydrogen-bond acceptors (Lipinski definition) is 9. The largest absolute Gasteiger partial charge is 0.472 e. The lowest BCUT2D eigenvalue weighted by atomic mass is 10.0. The number of unbranched alkanes of at least 4 members (excludes halogenated alkanes) is 24. The Hall–Kier alpha value is -1.03. The Balaban J connectivity index is 3.94. The van der Waals surface area contributed by atoms with Gasteiger partial charge in [-0.3, -0.25) is 18.6 Å². The fourth-order valence-electron chi connectivity index (χ4n) is 5.70. The average Bonchev–Trinajstić information content (AvgIpc) is 3.09. The maximum absolute atomic E-state index is 12.3. The number of esters is 2. The number of hydrogen-bond donors (Lipinski definition) is 3. The van der Waals surface area contributed by atoms with Crippen molar-refractivity contribution < 1.29 is 47.8 Å². The molecule has 0 spiro atoms. The topological polar surface area (TPSA) is 149 Å². The van der Waals surface area contributed by atoms with Crippen molar-refractivity contribution in [1.82, 2.24) is 0 Å². The fourth-order valence-corrected chi connectivity index (χ4v) is 6.49. The zero-order valence-corrected chi connectivity index (χ0v) is 32.3. The van der Waals surface area contributed by atoms with Gasteiger partial charge < -0.3 is 24.6 Å². The number of aliphatic hydroxyl groups is 2. The Labute approximate surface area is 299 Å². The molecule has 292 valence electrons. The lowest BCUT2D eigenvalue weighted by molar-refractivity contribution is -0.153. The molecule has 10 nitrogen and oxygen atoms in total. The van der Waals surface area contributed by atoms with Crippen molar-refractivity contribution in [2.24, 2.45) is 0 Å². The van der Waals surface area contributed by atoms with Crippen LogP contribution in [0.3, 0.4) is 0 Å². The highest BCUT2D eigenvalue weighted by Crippen LogP contribution is 2.43. The Morgan fingerprint density at radius 3 is 0.959 bits per heavy atom.